The third-order valence-corrected chi connectivity index (χ3v) is 2.48. The molecule has 76 valence electrons. The summed E-state index contributed by atoms with van der Waals surface area (Å²) in [6, 6.07) is 0. The highest BCUT2D eigenvalue weighted by Crippen LogP contribution is 2.25. The highest BCUT2D eigenvalue weighted by Gasteiger charge is 2.21. The summed E-state index contributed by atoms with van der Waals surface area (Å²) in [5.41, 5.74) is 0. The van der Waals surface area contributed by atoms with Gasteiger partial charge in [0.15, 0.2) is 0 Å². The van der Waals surface area contributed by atoms with Crippen LogP contribution in [0.25, 0.3) is 0 Å². The van der Waals surface area contributed by atoms with E-state index in [-0.39, 0.29) is 12.2 Å². The molecule has 1 saturated carbocycles. The Hall–Kier alpha value is -0.730. The molecule has 13 heavy (non-hydrogen) atoms. The van der Waals surface area contributed by atoms with Gasteiger partial charge in [-0.2, -0.15) is 0 Å². The van der Waals surface area contributed by atoms with Crippen molar-refractivity contribution < 1.29 is 9.53 Å². The van der Waals surface area contributed by atoms with Gasteiger partial charge in [0.05, 0.1) is 0 Å². The molecule has 3 nitrogen and oxygen atoms in total. The van der Waals surface area contributed by atoms with Crippen molar-refractivity contribution >= 4 is 6.09 Å². The second kappa shape index (κ2) is 5.10. The zero-order valence-electron chi connectivity index (χ0n) is 8.51. The molecule has 1 N–H and O–H groups in total. The van der Waals surface area contributed by atoms with Crippen LogP contribution < -0.4 is 5.32 Å². The first kappa shape index (κ1) is 10.4. The molecular formula is C10H19NO2. The molecular weight excluding hydrogens is 166 g/mol. The van der Waals surface area contributed by atoms with Crippen LogP contribution in [-0.4, -0.2) is 18.7 Å². The van der Waals surface area contributed by atoms with E-state index in [1.807, 2.05) is 6.92 Å². The van der Waals surface area contributed by atoms with E-state index in [1.165, 1.54) is 12.8 Å². The molecule has 2 atom stereocenters. The van der Waals surface area contributed by atoms with Crippen LogP contribution in [0.3, 0.4) is 0 Å². The molecule has 0 bridgehead atoms. The Labute approximate surface area is 79.8 Å². The molecule has 1 fully saturated rings. The van der Waals surface area contributed by atoms with Crippen LogP contribution in [0, 0.1) is 5.92 Å². The lowest BCUT2D eigenvalue weighted by Crippen LogP contribution is -2.31. The molecule has 0 heterocycles. The van der Waals surface area contributed by atoms with Crippen LogP contribution in [0.1, 0.15) is 39.5 Å². The van der Waals surface area contributed by atoms with Gasteiger partial charge < -0.3 is 10.1 Å². The van der Waals surface area contributed by atoms with E-state index in [0.717, 1.165) is 12.8 Å². The Morgan fingerprint density at radius 1 is 1.54 bits per heavy atom. The summed E-state index contributed by atoms with van der Waals surface area (Å²) in [5.74, 6) is 0.702. The molecule has 0 saturated heterocycles. The largest absolute Gasteiger partial charge is 0.446 e. The molecule has 0 aromatic carbocycles. The van der Waals surface area contributed by atoms with Crippen molar-refractivity contribution in [1.82, 2.24) is 5.32 Å². The van der Waals surface area contributed by atoms with Crippen LogP contribution in [0.15, 0.2) is 0 Å². The Morgan fingerprint density at radius 2 is 2.31 bits per heavy atom. The average Bonchev–Trinajstić information content (AvgIpc) is 2.04. The third kappa shape index (κ3) is 3.66. The fourth-order valence-electron chi connectivity index (χ4n) is 1.82. The first-order valence-corrected chi connectivity index (χ1v) is 5.16. The molecule has 1 amide bonds. The predicted octanol–water partition coefficient (Wildman–Crippen LogP) is 2.31. The number of ether oxygens (including phenoxy) is 1. The summed E-state index contributed by atoms with van der Waals surface area (Å²) in [4.78, 5) is 11.1. The van der Waals surface area contributed by atoms with Crippen molar-refractivity contribution in [3.8, 4) is 0 Å². The van der Waals surface area contributed by atoms with Crippen molar-refractivity contribution in [2.24, 2.45) is 5.92 Å². The van der Waals surface area contributed by atoms with Gasteiger partial charge in [-0.3, -0.25) is 0 Å². The van der Waals surface area contributed by atoms with E-state index >= 15 is 0 Å². The minimum atomic E-state index is -0.262. The smallest absolute Gasteiger partial charge is 0.407 e. The van der Waals surface area contributed by atoms with E-state index < -0.39 is 0 Å². The van der Waals surface area contributed by atoms with Crippen LogP contribution in [0.5, 0.6) is 0 Å². The first-order valence-electron chi connectivity index (χ1n) is 5.16. The quantitative estimate of drug-likeness (QED) is 0.717. The maximum atomic E-state index is 11.1. The van der Waals surface area contributed by atoms with Gasteiger partial charge in [0.1, 0.15) is 6.10 Å². The lowest BCUT2D eigenvalue weighted by Gasteiger charge is -2.26. The Kier molecular flexibility index (Phi) is 4.06. The SMILES string of the molecule is CCNC(=O)O[C@H]1CCCC(C)C1. The zero-order chi connectivity index (χ0) is 9.68. The molecule has 1 unspecified atom stereocenters. The van der Waals surface area contributed by atoms with Crippen LogP contribution >= 0.6 is 0 Å². The molecule has 0 radical (unpaired) electrons. The number of rotatable bonds is 2. The topological polar surface area (TPSA) is 38.3 Å². The first-order chi connectivity index (χ1) is 6.22. The van der Waals surface area contributed by atoms with E-state index in [0.29, 0.717) is 12.5 Å². The van der Waals surface area contributed by atoms with Crippen LogP contribution in [0.4, 0.5) is 4.79 Å². The summed E-state index contributed by atoms with van der Waals surface area (Å²) >= 11 is 0. The molecule has 3 heteroatoms. The Bertz CT molecular complexity index is 170. The normalized spacial score (nSPS) is 28.2. The lowest BCUT2D eigenvalue weighted by atomic mass is 9.89. The number of hydrogen-bond acceptors (Lipinski definition) is 2. The van der Waals surface area contributed by atoms with Gasteiger partial charge in [-0.05, 0) is 32.1 Å². The van der Waals surface area contributed by atoms with Gasteiger partial charge >= 0.3 is 6.09 Å². The molecule has 1 rings (SSSR count). The van der Waals surface area contributed by atoms with Gasteiger partial charge in [-0.15, -0.1) is 0 Å². The summed E-state index contributed by atoms with van der Waals surface area (Å²) in [6.45, 7) is 4.75. The fourth-order valence-corrected chi connectivity index (χ4v) is 1.82. The number of hydrogen-bond donors (Lipinski definition) is 1. The molecule has 1 aliphatic rings. The minimum absolute atomic E-state index is 0.148. The van der Waals surface area contributed by atoms with Gasteiger partial charge in [0.2, 0.25) is 0 Å². The zero-order valence-corrected chi connectivity index (χ0v) is 8.51. The lowest BCUT2D eigenvalue weighted by molar-refractivity contribution is 0.0628. The number of nitrogens with one attached hydrogen (secondary N) is 1. The molecule has 0 aromatic heterocycles. The average molecular weight is 185 g/mol. The number of carbonyl (C=O) groups is 1. The highest BCUT2D eigenvalue weighted by atomic mass is 16.6. The molecule has 1 aliphatic carbocycles. The van der Waals surface area contributed by atoms with Crippen LogP contribution in [0.2, 0.25) is 0 Å². The van der Waals surface area contributed by atoms with Crippen molar-refractivity contribution in [3.63, 3.8) is 0 Å². The maximum Gasteiger partial charge on any atom is 0.407 e. The van der Waals surface area contributed by atoms with E-state index in [1.54, 1.807) is 0 Å². The van der Waals surface area contributed by atoms with Gasteiger partial charge in [0.25, 0.3) is 0 Å². The number of amides is 1. The second-order valence-electron chi connectivity index (χ2n) is 3.83. The summed E-state index contributed by atoms with van der Waals surface area (Å²) in [5, 5.41) is 2.65. The van der Waals surface area contributed by atoms with Gasteiger partial charge in [-0.1, -0.05) is 13.3 Å². The third-order valence-electron chi connectivity index (χ3n) is 2.48. The van der Waals surface area contributed by atoms with Crippen LogP contribution in [-0.2, 0) is 4.74 Å². The van der Waals surface area contributed by atoms with Crippen molar-refractivity contribution in [3.05, 3.63) is 0 Å². The molecule has 0 aliphatic heterocycles. The van der Waals surface area contributed by atoms with Crippen molar-refractivity contribution in [2.45, 2.75) is 45.6 Å². The molecule has 0 spiro atoms. The van der Waals surface area contributed by atoms with E-state index in [4.69, 9.17) is 4.74 Å². The second-order valence-corrected chi connectivity index (χ2v) is 3.83. The summed E-state index contributed by atoms with van der Waals surface area (Å²) in [7, 11) is 0. The maximum absolute atomic E-state index is 11.1. The number of carbonyl (C=O) groups excluding carboxylic acids is 1. The predicted molar refractivity (Wildman–Crippen MR) is 51.6 cm³/mol. The minimum Gasteiger partial charge on any atom is -0.446 e. The fraction of sp³-hybridized carbons (Fsp3) is 0.900. The molecule has 0 aromatic rings. The standard InChI is InChI=1S/C10H19NO2/c1-3-11-10(12)13-9-6-4-5-8(2)7-9/h8-9H,3-7H2,1-2H3,(H,11,12)/t8?,9-/m0/s1. The van der Waals surface area contributed by atoms with E-state index in [9.17, 15) is 4.79 Å². The summed E-state index contributed by atoms with van der Waals surface area (Å²) < 4.78 is 5.25. The van der Waals surface area contributed by atoms with E-state index in [2.05, 4.69) is 12.2 Å². The number of alkyl carbamates (subject to hydrolysis) is 1. The van der Waals surface area contributed by atoms with Gasteiger partial charge in [-0.25, -0.2) is 4.79 Å². The Morgan fingerprint density at radius 3 is 2.92 bits per heavy atom. The van der Waals surface area contributed by atoms with Crippen molar-refractivity contribution in [1.29, 1.82) is 0 Å². The highest BCUT2D eigenvalue weighted by molar-refractivity contribution is 5.67. The summed E-state index contributed by atoms with van der Waals surface area (Å²) in [6.07, 6.45) is 4.40. The van der Waals surface area contributed by atoms with Gasteiger partial charge in [0, 0.05) is 6.54 Å². The van der Waals surface area contributed by atoms with Crippen molar-refractivity contribution in [2.75, 3.05) is 6.54 Å². The Balaban J connectivity index is 2.23. The monoisotopic (exact) mass is 185 g/mol.